The summed E-state index contributed by atoms with van der Waals surface area (Å²) in [6.07, 6.45) is 4.06. The highest BCUT2D eigenvalue weighted by atomic mass is 35.5. The van der Waals surface area contributed by atoms with E-state index in [1.54, 1.807) is 11.8 Å². The number of rotatable bonds is 3. The minimum Gasteiger partial charge on any atom is -0.307 e. The van der Waals surface area contributed by atoms with Gasteiger partial charge in [-0.1, -0.05) is 29.8 Å². The first-order valence-corrected chi connectivity index (χ1v) is 6.99. The Morgan fingerprint density at radius 3 is 2.78 bits per heavy atom. The SMILES string of the molecule is Clc1ccccc1SCc1cn2ccccc2n1. The molecule has 0 amide bonds. The summed E-state index contributed by atoms with van der Waals surface area (Å²) in [7, 11) is 0. The van der Waals surface area contributed by atoms with E-state index in [0.717, 1.165) is 27.0 Å². The van der Waals surface area contributed by atoms with Gasteiger partial charge in [0.2, 0.25) is 0 Å². The van der Waals surface area contributed by atoms with Gasteiger partial charge in [0.15, 0.2) is 0 Å². The van der Waals surface area contributed by atoms with Gasteiger partial charge >= 0.3 is 0 Å². The second-order valence-electron chi connectivity index (χ2n) is 3.92. The van der Waals surface area contributed by atoms with Crippen LogP contribution in [0.4, 0.5) is 0 Å². The quantitative estimate of drug-likeness (QED) is 0.663. The van der Waals surface area contributed by atoms with Crippen LogP contribution in [0.5, 0.6) is 0 Å². The van der Waals surface area contributed by atoms with Crippen LogP contribution in [0, 0.1) is 0 Å². The van der Waals surface area contributed by atoms with E-state index in [9.17, 15) is 0 Å². The number of aromatic nitrogens is 2. The van der Waals surface area contributed by atoms with Crippen LogP contribution in [0.3, 0.4) is 0 Å². The number of hydrogen-bond donors (Lipinski definition) is 0. The summed E-state index contributed by atoms with van der Waals surface area (Å²) in [5, 5.41) is 0.797. The van der Waals surface area contributed by atoms with E-state index in [4.69, 9.17) is 11.6 Å². The number of pyridine rings is 1. The maximum absolute atomic E-state index is 6.12. The molecular formula is C14H11ClN2S. The number of halogens is 1. The van der Waals surface area contributed by atoms with Gasteiger partial charge in [0.25, 0.3) is 0 Å². The van der Waals surface area contributed by atoms with Crippen LogP contribution in [-0.4, -0.2) is 9.38 Å². The van der Waals surface area contributed by atoms with E-state index in [2.05, 4.69) is 11.2 Å². The van der Waals surface area contributed by atoms with Gasteiger partial charge in [-0.05, 0) is 24.3 Å². The van der Waals surface area contributed by atoms with E-state index < -0.39 is 0 Å². The van der Waals surface area contributed by atoms with Crippen molar-refractivity contribution in [1.29, 1.82) is 0 Å². The molecule has 0 spiro atoms. The molecule has 0 aliphatic heterocycles. The summed E-state index contributed by atoms with van der Waals surface area (Å²) in [6.45, 7) is 0. The van der Waals surface area contributed by atoms with Crippen molar-refractivity contribution in [1.82, 2.24) is 9.38 Å². The Bertz CT molecular complexity index is 645. The highest BCUT2D eigenvalue weighted by Crippen LogP contribution is 2.29. The number of nitrogens with zero attached hydrogens (tertiary/aromatic N) is 2. The average molecular weight is 275 g/mol. The Morgan fingerprint density at radius 1 is 1.11 bits per heavy atom. The maximum Gasteiger partial charge on any atom is 0.137 e. The number of hydrogen-bond acceptors (Lipinski definition) is 2. The van der Waals surface area contributed by atoms with Crippen molar-refractivity contribution in [2.24, 2.45) is 0 Å². The lowest BCUT2D eigenvalue weighted by Crippen LogP contribution is -1.80. The van der Waals surface area contributed by atoms with Crippen LogP contribution < -0.4 is 0 Å². The smallest absolute Gasteiger partial charge is 0.137 e. The van der Waals surface area contributed by atoms with Crippen LogP contribution in [0.2, 0.25) is 5.02 Å². The standard InChI is InChI=1S/C14H11ClN2S/c15-12-5-1-2-6-13(12)18-10-11-9-17-8-4-3-7-14(17)16-11/h1-9H,10H2. The zero-order valence-corrected chi connectivity index (χ0v) is 11.2. The monoisotopic (exact) mass is 274 g/mol. The normalized spacial score (nSPS) is 10.9. The highest BCUT2D eigenvalue weighted by molar-refractivity contribution is 7.98. The predicted molar refractivity (Wildman–Crippen MR) is 76.2 cm³/mol. The van der Waals surface area contributed by atoms with Crippen LogP contribution in [0.25, 0.3) is 5.65 Å². The molecule has 0 aliphatic carbocycles. The molecule has 3 aromatic rings. The minimum atomic E-state index is 0.797. The third-order valence-electron chi connectivity index (χ3n) is 2.63. The highest BCUT2D eigenvalue weighted by Gasteiger charge is 2.04. The molecule has 2 nitrogen and oxygen atoms in total. The molecule has 2 heterocycles. The van der Waals surface area contributed by atoms with Crippen LogP contribution in [0.1, 0.15) is 5.69 Å². The fraction of sp³-hybridized carbons (Fsp3) is 0.0714. The van der Waals surface area contributed by atoms with E-state index >= 15 is 0 Å². The Labute approximate surface area is 115 Å². The summed E-state index contributed by atoms with van der Waals surface area (Å²) < 4.78 is 2.03. The second kappa shape index (κ2) is 5.04. The molecule has 2 aromatic heterocycles. The van der Waals surface area contributed by atoms with E-state index in [-0.39, 0.29) is 0 Å². The summed E-state index contributed by atoms with van der Waals surface area (Å²) in [6, 6.07) is 13.9. The lowest BCUT2D eigenvalue weighted by atomic mass is 10.4. The second-order valence-corrected chi connectivity index (χ2v) is 5.34. The molecule has 90 valence electrons. The van der Waals surface area contributed by atoms with Crippen LogP contribution >= 0.6 is 23.4 Å². The number of imidazole rings is 1. The summed E-state index contributed by atoms with van der Waals surface area (Å²) in [4.78, 5) is 5.65. The van der Waals surface area contributed by atoms with Gasteiger partial charge < -0.3 is 4.40 Å². The van der Waals surface area contributed by atoms with E-state index in [1.165, 1.54) is 0 Å². The van der Waals surface area contributed by atoms with Crippen LogP contribution in [0.15, 0.2) is 59.8 Å². The van der Waals surface area contributed by atoms with Gasteiger partial charge in [0.05, 0.1) is 10.7 Å². The Kier molecular flexibility index (Phi) is 3.26. The van der Waals surface area contributed by atoms with Crippen molar-refractivity contribution in [3.8, 4) is 0 Å². The molecule has 0 saturated heterocycles. The van der Waals surface area contributed by atoms with Gasteiger partial charge in [-0.15, -0.1) is 11.8 Å². The lowest BCUT2D eigenvalue weighted by molar-refractivity contribution is 1.18. The van der Waals surface area contributed by atoms with Crippen molar-refractivity contribution >= 4 is 29.0 Å². The summed E-state index contributed by atoms with van der Waals surface area (Å²) in [5.74, 6) is 0.825. The zero-order valence-electron chi connectivity index (χ0n) is 9.58. The maximum atomic E-state index is 6.12. The molecule has 4 heteroatoms. The first-order chi connectivity index (χ1) is 8.83. The summed E-state index contributed by atoms with van der Waals surface area (Å²) in [5.41, 5.74) is 2.04. The first-order valence-electron chi connectivity index (χ1n) is 5.63. The first kappa shape index (κ1) is 11.6. The molecule has 3 rings (SSSR count). The van der Waals surface area contributed by atoms with E-state index in [0.29, 0.717) is 0 Å². The molecule has 0 atom stereocenters. The molecule has 0 N–H and O–H groups in total. The molecule has 18 heavy (non-hydrogen) atoms. The summed E-state index contributed by atoms with van der Waals surface area (Å²) >= 11 is 7.83. The Hall–Kier alpha value is -1.45. The van der Waals surface area contributed by atoms with Crippen molar-refractivity contribution in [2.75, 3.05) is 0 Å². The Morgan fingerprint density at radius 2 is 1.94 bits per heavy atom. The minimum absolute atomic E-state index is 0.797. The molecule has 0 radical (unpaired) electrons. The van der Waals surface area contributed by atoms with E-state index in [1.807, 2.05) is 53.1 Å². The zero-order chi connectivity index (χ0) is 12.4. The Balaban J connectivity index is 1.79. The van der Waals surface area contributed by atoms with Gasteiger partial charge in [-0.2, -0.15) is 0 Å². The topological polar surface area (TPSA) is 17.3 Å². The molecule has 0 bridgehead atoms. The van der Waals surface area contributed by atoms with Gasteiger partial charge in [0, 0.05) is 23.0 Å². The number of fused-ring (bicyclic) bond motifs is 1. The molecule has 0 fully saturated rings. The van der Waals surface area contributed by atoms with Crippen molar-refractivity contribution < 1.29 is 0 Å². The van der Waals surface area contributed by atoms with Crippen molar-refractivity contribution in [3.05, 3.63) is 65.6 Å². The van der Waals surface area contributed by atoms with Gasteiger partial charge in [-0.3, -0.25) is 0 Å². The third-order valence-corrected chi connectivity index (χ3v) is 4.17. The predicted octanol–water partition coefficient (Wildman–Crippen LogP) is 4.28. The molecule has 0 unspecified atom stereocenters. The molecule has 0 aliphatic rings. The number of thioether (sulfide) groups is 1. The van der Waals surface area contributed by atoms with Gasteiger partial charge in [0.1, 0.15) is 5.65 Å². The fourth-order valence-corrected chi connectivity index (χ4v) is 2.89. The fourth-order valence-electron chi connectivity index (χ4n) is 1.77. The van der Waals surface area contributed by atoms with Gasteiger partial charge in [-0.25, -0.2) is 4.98 Å². The number of benzene rings is 1. The third kappa shape index (κ3) is 2.37. The van der Waals surface area contributed by atoms with Crippen molar-refractivity contribution in [2.45, 2.75) is 10.6 Å². The molecule has 0 saturated carbocycles. The van der Waals surface area contributed by atoms with Crippen molar-refractivity contribution in [3.63, 3.8) is 0 Å². The molecule has 1 aromatic carbocycles. The largest absolute Gasteiger partial charge is 0.307 e. The molecular weight excluding hydrogens is 264 g/mol. The lowest BCUT2D eigenvalue weighted by Gasteiger charge is -2.01. The van der Waals surface area contributed by atoms with Crippen LogP contribution in [-0.2, 0) is 5.75 Å². The average Bonchev–Trinajstić information content (AvgIpc) is 2.80.